The van der Waals surface area contributed by atoms with Crippen molar-refractivity contribution in [2.24, 2.45) is 5.92 Å². The summed E-state index contributed by atoms with van der Waals surface area (Å²) in [4.78, 5) is 39.0. The van der Waals surface area contributed by atoms with Crippen LogP contribution >= 0.6 is 0 Å². The maximum Gasteiger partial charge on any atom is 0.318 e. The SMILES string of the molecule is [C-]#[N+]C[C@H]1CN(c2nc(O[C@H](C)CN(C)[C@H](C)C3CCC3)nc3c2CCN(c2cncc4cccc(C)c24)C3)CCN1C(=O)C(=C)F. The molecule has 3 aromatic rings. The highest BCUT2D eigenvalue weighted by Crippen LogP contribution is 2.36. The summed E-state index contributed by atoms with van der Waals surface area (Å²) >= 11 is 0. The molecule has 4 heterocycles. The van der Waals surface area contributed by atoms with E-state index in [1.807, 2.05) is 12.4 Å². The third kappa shape index (κ3) is 6.75. The van der Waals surface area contributed by atoms with Crippen LogP contribution in [0.2, 0.25) is 0 Å². The maximum absolute atomic E-state index is 13.9. The van der Waals surface area contributed by atoms with E-state index in [-0.39, 0.29) is 19.2 Å². The highest BCUT2D eigenvalue weighted by atomic mass is 19.1. The minimum Gasteiger partial charge on any atom is -0.459 e. The lowest BCUT2D eigenvalue weighted by molar-refractivity contribution is -0.131. The average Bonchev–Trinajstić information content (AvgIpc) is 3.02. The van der Waals surface area contributed by atoms with E-state index in [1.165, 1.54) is 35.1 Å². The number of hydrogen-bond donors (Lipinski definition) is 0. The van der Waals surface area contributed by atoms with Crippen LogP contribution in [0.1, 0.15) is 49.9 Å². The highest BCUT2D eigenvalue weighted by molar-refractivity contribution is 5.96. The number of amides is 1. The summed E-state index contributed by atoms with van der Waals surface area (Å²) in [6.07, 6.45) is 8.29. The van der Waals surface area contributed by atoms with Gasteiger partial charge in [0.2, 0.25) is 6.54 Å². The van der Waals surface area contributed by atoms with Gasteiger partial charge >= 0.3 is 6.01 Å². The first-order valence-corrected chi connectivity index (χ1v) is 16.7. The van der Waals surface area contributed by atoms with Gasteiger partial charge in [0.05, 0.1) is 24.1 Å². The fourth-order valence-electron chi connectivity index (χ4n) is 7.35. The van der Waals surface area contributed by atoms with Crippen LogP contribution in [0.3, 0.4) is 0 Å². The number of piperazine rings is 1. The molecule has 2 aromatic heterocycles. The van der Waals surface area contributed by atoms with Crippen LogP contribution in [0, 0.1) is 19.4 Å². The summed E-state index contributed by atoms with van der Waals surface area (Å²) in [5.74, 6) is -0.259. The van der Waals surface area contributed by atoms with E-state index < -0.39 is 17.8 Å². The van der Waals surface area contributed by atoms with Crippen LogP contribution in [0.5, 0.6) is 6.01 Å². The summed E-state index contributed by atoms with van der Waals surface area (Å²) in [5.41, 5.74) is 4.20. The first kappa shape index (κ1) is 32.6. The second-order valence-electron chi connectivity index (χ2n) is 13.4. The van der Waals surface area contributed by atoms with E-state index in [9.17, 15) is 9.18 Å². The second kappa shape index (κ2) is 13.8. The molecule has 0 spiro atoms. The molecule has 1 aliphatic carbocycles. The number of likely N-dealkylation sites (N-methyl/N-ethyl adjacent to an activating group) is 1. The Morgan fingerprint density at radius 2 is 2.00 bits per heavy atom. The number of aromatic nitrogens is 3. The maximum atomic E-state index is 13.9. The number of ether oxygens (including phenoxy) is 1. The predicted octanol–water partition coefficient (Wildman–Crippen LogP) is 5.20. The molecule has 10 nitrogen and oxygen atoms in total. The molecule has 0 unspecified atom stereocenters. The van der Waals surface area contributed by atoms with E-state index >= 15 is 0 Å². The van der Waals surface area contributed by atoms with Crippen LogP contribution in [0.15, 0.2) is 43.0 Å². The Bertz CT molecular complexity index is 1680. The Kier molecular flexibility index (Phi) is 9.60. The highest BCUT2D eigenvalue weighted by Gasteiger charge is 2.36. The molecule has 1 amide bonds. The van der Waals surface area contributed by atoms with Gasteiger partial charge in [0, 0.05) is 61.3 Å². The number of hydrogen-bond acceptors (Lipinski definition) is 8. The zero-order valence-corrected chi connectivity index (χ0v) is 28.0. The third-order valence-electron chi connectivity index (χ3n) is 10.3. The lowest BCUT2D eigenvalue weighted by Gasteiger charge is -2.41. The monoisotopic (exact) mass is 640 g/mol. The van der Waals surface area contributed by atoms with Crippen molar-refractivity contribution in [1.82, 2.24) is 24.8 Å². The standard InChI is InChI=1S/C36H45FN8O2/c1-23-9-7-12-28-17-39-19-32(33(23)28)43-14-13-30-31(22-43)40-36(47-24(2)20-42(6)26(4)27-10-8-11-27)41-34(30)44-15-16-45(35(46)25(3)37)29(21-44)18-38-5/h7,9,12,17,19,24,26-27,29H,3,8,10-11,13-16,18,20-22H2,1-2,4,6H3/t24-,26-,29+/m1/s1. The molecule has 248 valence electrons. The van der Waals surface area contributed by atoms with Crippen LogP contribution in [-0.2, 0) is 17.8 Å². The Morgan fingerprint density at radius 1 is 1.19 bits per heavy atom. The van der Waals surface area contributed by atoms with Crippen LogP contribution in [0.25, 0.3) is 15.6 Å². The molecule has 0 N–H and O–H groups in total. The fraction of sp³-hybridized carbons (Fsp3) is 0.528. The van der Waals surface area contributed by atoms with Gasteiger partial charge < -0.3 is 24.3 Å². The van der Waals surface area contributed by atoms with E-state index in [1.54, 1.807) is 0 Å². The number of halogens is 1. The van der Waals surface area contributed by atoms with Crippen molar-refractivity contribution < 1.29 is 13.9 Å². The van der Waals surface area contributed by atoms with E-state index in [0.717, 1.165) is 47.2 Å². The van der Waals surface area contributed by atoms with Gasteiger partial charge in [0.15, 0.2) is 5.83 Å². The van der Waals surface area contributed by atoms with Crippen molar-refractivity contribution in [3.8, 4) is 6.01 Å². The van der Waals surface area contributed by atoms with E-state index in [2.05, 4.69) is 77.1 Å². The second-order valence-corrected chi connectivity index (χ2v) is 13.4. The van der Waals surface area contributed by atoms with Crippen molar-refractivity contribution in [3.05, 3.63) is 71.2 Å². The zero-order chi connectivity index (χ0) is 33.2. The summed E-state index contributed by atoms with van der Waals surface area (Å²) in [6.45, 7) is 20.4. The smallest absolute Gasteiger partial charge is 0.318 e. The third-order valence-corrected chi connectivity index (χ3v) is 10.3. The zero-order valence-electron chi connectivity index (χ0n) is 28.0. The number of pyridine rings is 1. The lowest BCUT2D eigenvalue weighted by Crippen LogP contribution is -2.57. The topological polar surface area (TPSA) is 82.3 Å². The average molecular weight is 641 g/mol. The van der Waals surface area contributed by atoms with Crippen LogP contribution in [-0.4, -0.2) is 95.2 Å². The molecule has 0 bridgehead atoms. The Labute approximate surface area is 277 Å². The van der Waals surface area contributed by atoms with E-state index in [0.29, 0.717) is 38.1 Å². The Hall–Kier alpha value is -4.30. The minimum atomic E-state index is -1.01. The number of nitrogens with zero attached hydrogens (tertiary/aromatic N) is 8. The number of carbonyl (C=O) groups excluding carboxylic acids is 1. The molecule has 0 radical (unpaired) electrons. The molecule has 1 saturated heterocycles. The number of carbonyl (C=O) groups is 1. The molecule has 3 atom stereocenters. The number of rotatable bonds is 10. The predicted molar refractivity (Wildman–Crippen MR) is 182 cm³/mol. The fourth-order valence-corrected chi connectivity index (χ4v) is 7.35. The Balaban J connectivity index is 1.31. The molecule has 6 rings (SSSR count). The van der Waals surface area contributed by atoms with Gasteiger partial charge in [-0.25, -0.2) is 11.0 Å². The van der Waals surface area contributed by atoms with E-state index in [4.69, 9.17) is 21.3 Å². The van der Waals surface area contributed by atoms with Crippen LogP contribution < -0.4 is 14.5 Å². The molecule has 3 aliphatic rings. The first-order chi connectivity index (χ1) is 22.6. The number of benzene rings is 1. The van der Waals surface area contributed by atoms with Gasteiger partial charge in [0.1, 0.15) is 18.0 Å². The number of fused-ring (bicyclic) bond motifs is 2. The van der Waals surface area contributed by atoms with Crippen molar-refractivity contribution in [2.45, 2.75) is 71.2 Å². The molecule has 47 heavy (non-hydrogen) atoms. The van der Waals surface area contributed by atoms with Gasteiger partial charge in [-0.05, 0) is 58.6 Å². The molecule has 2 fully saturated rings. The summed E-state index contributed by atoms with van der Waals surface area (Å²) < 4.78 is 20.4. The molecule has 2 aliphatic heterocycles. The van der Waals surface area contributed by atoms with Gasteiger partial charge in [-0.2, -0.15) is 9.97 Å². The summed E-state index contributed by atoms with van der Waals surface area (Å²) in [5, 5.41) is 2.29. The molecule has 1 aromatic carbocycles. The van der Waals surface area contributed by atoms with Crippen molar-refractivity contribution in [2.75, 3.05) is 56.1 Å². The Morgan fingerprint density at radius 3 is 2.72 bits per heavy atom. The molecular weight excluding hydrogens is 595 g/mol. The largest absolute Gasteiger partial charge is 0.459 e. The number of anilines is 2. The normalized spacial score (nSPS) is 19.6. The van der Waals surface area contributed by atoms with Gasteiger partial charge in [-0.3, -0.25) is 14.7 Å². The van der Waals surface area contributed by atoms with Crippen molar-refractivity contribution >= 4 is 28.2 Å². The van der Waals surface area contributed by atoms with Crippen molar-refractivity contribution in [1.29, 1.82) is 0 Å². The first-order valence-electron chi connectivity index (χ1n) is 16.7. The van der Waals surface area contributed by atoms with Gasteiger partial charge in [-0.15, -0.1) is 0 Å². The van der Waals surface area contributed by atoms with Gasteiger partial charge in [-0.1, -0.05) is 31.2 Å². The number of aryl methyl sites for hydroxylation is 1. The quantitative estimate of drug-likeness (QED) is 0.221. The lowest BCUT2D eigenvalue weighted by atomic mass is 9.80. The summed E-state index contributed by atoms with van der Waals surface area (Å²) in [7, 11) is 2.16. The van der Waals surface area contributed by atoms with Crippen molar-refractivity contribution in [3.63, 3.8) is 0 Å². The van der Waals surface area contributed by atoms with Gasteiger partial charge in [0.25, 0.3) is 5.91 Å². The molecule has 11 heteroatoms. The molecule has 1 saturated carbocycles. The molecular formula is C36H45FN8O2. The minimum absolute atomic E-state index is 0.0654. The summed E-state index contributed by atoms with van der Waals surface area (Å²) in [6, 6.07) is 6.60. The van der Waals surface area contributed by atoms with Crippen LogP contribution in [0.4, 0.5) is 15.9 Å².